The van der Waals surface area contributed by atoms with Crippen molar-refractivity contribution in [1.29, 1.82) is 0 Å². The van der Waals surface area contributed by atoms with Crippen LogP contribution in [-0.2, 0) is 4.79 Å². The van der Waals surface area contributed by atoms with E-state index in [4.69, 9.17) is 0 Å². The van der Waals surface area contributed by atoms with Crippen molar-refractivity contribution in [1.82, 2.24) is 15.5 Å². The van der Waals surface area contributed by atoms with Gasteiger partial charge in [-0.2, -0.15) is 0 Å². The van der Waals surface area contributed by atoms with Gasteiger partial charge < -0.3 is 10.6 Å². The van der Waals surface area contributed by atoms with Crippen LogP contribution in [0.25, 0.3) is 0 Å². The summed E-state index contributed by atoms with van der Waals surface area (Å²) in [7, 11) is 0. The fourth-order valence-electron chi connectivity index (χ4n) is 3.19. The Hall–Kier alpha value is -1.60. The van der Waals surface area contributed by atoms with Crippen LogP contribution in [0.1, 0.15) is 45.1 Å². The molecule has 1 aromatic heterocycles. The highest BCUT2D eigenvalue weighted by Gasteiger charge is 2.25. The van der Waals surface area contributed by atoms with Crippen LogP contribution in [0.2, 0.25) is 0 Å². The normalized spacial score (nSPS) is 21.2. The summed E-state index contributed by atoms with van der Waals surface area (Å²) >= 11 is 2.94. The number of hydrogen-bond acceptors (Lipinski definition) is 6. The number of thioether (sulfide) groups is 1. The third-order valence-corrected chi connectivity index (χ3v) is 6.78. The molecule has 0 unspecified atom stereocenters. The first kappa shape index (κ1) is 19.2. The van der Waals surface area contributed by atoms with Gasteiger partial charge in [-0.3, -0.25) is 4.79 Å². The summed E-state index contributed by atoms with van der Waals surface area (Å²) < 4.78 is 0.805. The molecule has 0 aliphatic heterocycles. The number of hydrogen-bond donors (Lipinski definition) is 2. The number of carbonyl (C=O) groups excluding carboxylic acids is 1. The van der Waals surface area contributed by atoms with Gasteiger partial charge in [0.1, 0.15) is 0 Å². The van der Waals surface area contributed by atoms with Gasteiger partial charge in [-0.1, -0.05) is 55.0 Å². The Kier molecular flexibility index (Phi) is 6.53. The van der Waals surface area contributed by atoms with Crippen molar-refractivity contribution in [2.24, 2.45) is 5.92 Å². The Morgan fingerprint density at radius 2 is 2.12 bits per heavy atom. The predicted octanol–water partition coefficient (Wildman–Crippen LogP) is 4.77. The molecular weight excluding hydrogens is 364 g/mol. The van der Waals surface area contributed by atoms with Crippen LogP contribution in [0, 0.1) is 12.8 Å². The van der Waals surface area contributed by atoms with Crippen LogP contribution in [0.15, 0.2) is 28.6 Å². The van der Waals surface area contributed by atoms with E-state index < -0.39 is 0 Å². The average molecular weight is 391 g/mol. The number of aryl methyl sites for hydroxylation is 1. The van der Waals surface area contributed by atoms with Gasteiger partial charge in [0.05, 0.1) is 5.25 Å². The maximum Gasteiger partial charge on any atom is 0.233 e. The van der Waals surface area contributed by atoms with Crippen LogP contribution < -0.4 is 10.6 Å². The number of nitrogens with one attached hydrogen (secondary N) is 2. The SMILES string of the molecule is Cc1cccc(Nc2nnc(S[C@H](C)C(=O)N[C@H]3CCCC[C@@H]3C)s2)c1. The Balaban J connectivity index is 1.53. The molecule has 1 amide bonds. The minimum absolute atomic E-state index is 0.0946. The third-order valence-electron chi connectivity index (χ3n) is 4.76. The number of amides is 1. The lowest BCUT2D eigenvalue weighted by atomic mass is 9.86. The van der Waals surface area contributed by atoms with Gasteiger partial charge >= 0.3 is 0 Å². The molecule has 1 aliphatic carbocycles. The fourth-order valence-corrected chi connectivity index (χ4v) is 5.12. The van der Waals surface area contributed by atoms with Crippen molar-refractivity contribution in [3.63, 3.8) is 0 Å². The van der Waals surface area contributed by atoms with E-state index >= 15 is 0 Å². The van der Waals surface area contributed by atoms with E-state index in [2.05, 4.69) is 46.8 Å². The highest BCUT2D eigenvalue weighted by Crippen LogP contribution is 2.31. The van der Waals surface area contributed by atoms with Gasteiger partial charge in [-0.05, 0) is 50.3 Å². The molecule has 26 heavy (non-hydrogen) atoms. The van der Waals surface area contributed by atoms with E-state index in [1.807, 2.05) is 19.1 Å². The molecule has 0 saturated heterocycles. The minimum Gasteiger partial charge on any atom is -0.352 e. The molecule has 1 aromatic carbocycles. The van der Waals surface area contributed by atoms with E-state index in [9.17, 15) is 4.79 Å². The zero-order chi connectivity index (χ0) is 18.5. The number of carbonyl (C=O) groups is 1. The van der Waals surface area contributed by atoms with Crippen LogP contribution in [0.4, 0.5) is 10.8 Å². The Bertz CT molecular complexity index is 749. The lowest BCUT2D eigenvalue weighted by molar-refractivity contribution is -0.121. The molecule has 3 atom stereocenters. The maximum atomic E-state index is 12.5. The Morgan fingerprint density at radius 3 is 2.88 bits per heavy atom. The van der Waals surface area contributed by atoms with Crippen molar-refractivity contribution >= 4 is 39.8 Å². The summed E-state index contributed by atoms with van der Waals surface area (Å²) in [5.41, 5.74) is 2.19. The van der Waals surface area contributed by atoms with Gasteiger partial charge in [-0.15, -0.1) is 10.2 Å². The molecule has 3 rings (SSSR count). The van der Waals surface area contributed by atoms with Crippen molar-refractivity contribution < 1.29 is 4.79 Å². The highest BCUT2D eigenvalue weighted by molar-refractivity contribution is 8.02. The van der Waals surface area contributed by atoms with Gasteiger partial charge in [0, 0.05) is 11.7 Å². The van der Waals surface area contributed by atoms with Gasteiger partial charge in [0.25, 0.3) is 0 Å². The number of nitrogens with zero attached hydrogens (tertiary/aromatic N) is 2. The Morgan fingerprint density at radius 1 is 1.31 bits per heavy atom. The summed E-state index contributed by atoms with van der Waals surface area (Å²) in [5.74, 6) is 0.661. The largest absolute Gasteiger partial charge is 0.352 e. The fraction of sp³-hybridized carbons (Fsp3) is 0.526. The molecule has 0 spiro atoms. The first-order chi connectivity index (χ1) is 12.5. The Labute approximate surface area is 163 Å². The summed E-state index contributed by atoms with van der Waals surface area (Å²) in [4.78, 5) is 12.5. The van der Waals surface area contributed by atoms with Crippen LogP contribution in [0.3, 0.4) is 0 Å². The van der Waals surface area contributed by atoms with Crippen molar-refractivity contribution in [3.05, 3.63) is 29.8 Å². The first-order valence-electron chi connectivity index (χ1n) is 9.15. The molecule has 0 radical (unpaired) electrons. The highest BCUT2D eigenvalue weighted by atomic mass is 32.2. The van der Waals surface area contributed by atoms with Gasteiger partial charge in [0.2, 0.25) is 11.0 Å². The number of aromatic nitrogens is 2. The first-order valence-corrected chi connectivity index (χ1v) is 10.8. The molecule has 2 aromatic rings. The zero-order valence-electron chi connectivity index (χ0n) is 15.5. The number of anilines is 2. The smallest absolute Gasteiger partial charge is 0.233 e. The molecule has 140 valence electrons. The average Bonchev–Trinajstić information content (AvgIpc) is 3.03. The summed E-state index contributed by atoms with van der Waals surface area (Å²) in [5, 5.41) is 15.5. The second-order valence-electron chi connectivity index (χ2n) is 7.00. The summed E-state index contributed by atoms with van der Waals surface area (Å²) in [6.07, 6.45) is 4.78. The monoisotopic (exact) mass is 390 g/mol. The molecule has 1 aliphatic rings. The van der Waals surface area contributed by atoms with Crippen molar-refractivity contribution in [2.45, 2.75) is 62.1 Å². The van der Waals surface area contributed by atoms with Gasteiger partial charge in [0.15, 0.2) is 4.34 Å². The molecule has 1 saturated carbocycles. The predicted molar refractivity (Wildman–Crippen MR) is 109 cm³/mol. The molecule has 1 fully saturated rings. The number of benzene rings is 1. The standard InChI is InChI=1S/C19H26N4OS2/c1-12-7-6-9-15(11-12)20-18-22-23-19(26-18)25-14(3)17(24)21-16-10-5-4-8-13(16)2/h6-7,9,11,13-14,16H,4-5,8,10H2,1-3H3,(H,20,22)(H,21,24)/t13-,14+,16-/m0/s1. The van der Waals surface area contributed by atoms with Crippen molar-refractivity contribution in [2.75, 3.05) is 5.32 Å². The number of rotatable bonds is 6. The van der Waals surface area contributed by atoms with Gasteiger partial charge in [-0.25, -0.2) is 0 Å². The molecule has 2 N–H and O–H groups in total. The lowest BCUT2D eigenvalue weighted by Crippen LogP contribution is -2.44. The molecular formula is C19H26N4OS2. The topological polar surface area (TPSA) is 66.9 Å². The third kappa shape index (κ3) is 5.20. The van der Waals surface area contributed by atoms with Crippen LogP contribution in [-0.4, -0.2) is 27.4 Å². The second-order valence-corrected chi connectivity index (χ2v) is 9.57. The zero-order valence-corrected chi connectivity index (χ0v) is 17.1. The maximum absolute atomic E-state index is 12.5. The second kappa shape index (κ2) is 8.86. The molecule has 1 heterocycles. The van der Waals surface area contributed by atoms with E-state index in [1.54, 1.807) is 0 Å². The van der Waals surface area contributed by atoms with Crippen LogP contribution >= 0.6 is 23.1 Å². The minimum atomic E-state index is -0.177. The molecule has 0 bridgehead atoms. The lowest BCUT2D eigenvalue weighted by Gasteiger charge is -2.30. The van der Waals surface area contributed by atoms with E-state index in [1.165, 1.54) is 47.9 Å². The quantitative estimate of drug-likeness (QED) is 0.696. The van der Waals surface area contributed by atoms with Crippen molar-refractivity contribution in [3.8, 4) is 0 Å². The summed E-state index contributed by atoms with van der Waals surface area (Å²) in [6.45, 7) is 6.22. The molecule has 5 nitrogen and oxygen atoms in total. The van der Waals surface area contributed by atoms with E-state index in [0.717, 1.165) is 21.6 Å². The summed E-state index contributed by atoms with van der Waals surface area (Å²) in [6, 6.07) is 8.44. The van der Waals surface area contributed by atoms with Crippen LogP contribution in [0.5, 0.6) is 0 Å². The van der Waals surface area contributed by atoms with E-state index in [0.29, 0.717) is 12.0 Å². The molecule has 7 heteroatoms. The van der Waals surface area contributed by atoms with E-state index in [-0.39, 0.29) is 11.2 Å².